The summed E-state index contributed by atoms with van der Waals surface area (Å²) in [4.78, 5) is 10.9. The summed E-state index contributed by atoms with van der Waals surface area (Å²) in [6.45, 7) is 6.20. The molecule has 13 heavy (non-hydrogen) atoms. The van der Waals surface area contributed by atoms with Crippen molar-refractivity contribution >= 4 is 5.78 Å². The van der Waals surface area contributed by atoms with Crippen molar-refractivity contribution in [1.82, 2.24) is 0 Å². The number of rotatable bonds is 2. The molecule has 74 valence electrons. The molecular weight excluding hydrogens is 160 g/mol. The van der Waals surface area contributed by atoms with E-state index in [1.807, 2.05) is 6.08 Å². The van der Waals surface area contributed by atoms with Gasteiger partial charge in [-0.15, -0.1) is 0 Å². The van der Waals surface area contributed by atoms with E-state index in [1.54, 1.807) is 6.92 Å². The Kier molecular flexibility index (Phi) is 3.71. The normalized spacial score (nSPS) is 26.8. The zero-order valence-corrected chi connectivity index (χ0v) is 8.97. The van der Waals surface area contributed by atoms with Crippen LogP contribution in [0.5, 0.6) is 0 Å². The summed E-state index contributed by atoms with van der Waals surface area (Å²) >= 11 is 0. The number of hydrogen-bond donors (Lipinski definition) is 0. The Morgan fingerprint density at radius 1 is 1.54 bits per heavy atom. The van der Waals surface area contributed by atoms with Crippen LogP contribution in [0.3, 0.4) is 0 Å². The molecule has 1 heteroatoms. The number of ketones is 1. The first-order valence-electron chi connectivity index (χ1n) is 5.29. The molecule has 0 aromatic heterocycles. The van der Waals surface area contributed by atoms with Crippen molar-refractivity contribution in [1.29, 1.82) is 0 Å². The first kappa shape index (κ1) is 10.5. The predicted octanol–water partition coefficient (Wildman–Crippen LogP) is 3.35. The van der Waals surface area contributed by atoms with Crippen LogP contribution in [-0.2, 0) is 4.79 Å². The van der Waals surface area contributed by atoms with Crippen molar-refractivity contribution in [2.75, 3.05) is 0 Å². The molecule has 1 saturated carbocycles. The molecule has 0 radical (unpaired) electrons. The minimum atomic E-state index is 0.208. The summed E-state index contributed by atoms with van der Waals surface area (Å²) in [6.07, 6.45) is 6.74. The summed E-state index contributed by atoms with van der Waals surface area (Å²) in [5, 5.41) is 0. The van der Waals surface area contributed by atoms with Gasteiger partial charge in [0.15, 0.2) is 5.78 Å². The third-order valence-electron chi connectivity index (χ3n) is 2.95. The van der Waals surface area contributed by atoms with Gasteiger partial charge in [0, 0.05) is 0 Å². The maximum Gasteiger partial charge on any atom is 0.152 e. The molecule has 1 fully saturated rings. The Hall–Kier alpha value is -0.590. The molecule has 1 nitrogen and oxygen atoms in total. The molecule has 0 N–H and O–H groups in total. The van der Waals surface area contributed by atoms with Crippen LogP contribution in [0.1, 0.15) is 46.5 Å². The van der Waals surface area contributed by atoms with E-state index in [-0.39, 0.29) is 5.78 Å². The number of carbonyl (C=O) groups is 1. The molecule has 0 spiro atoms. The van der Waals surface area contributed by atoms with Crippen molar-refractivity contribution in [3.8, 4) is 0 Å². The van der Waals surface area contributed by atoms with E-state index in [0.717, 1.165) is 24.7 Å². The van der Waals surface area contributed by atoms with E-state index in [2.05, 4.69) is 13.8 Å². The SMILES string of the molecule is CC(=O)C=C1CCCC(C(C)C)C1. The lowest BCUT2D eigenvalue weighted by molar-refractivity contribution is -0.112. The lowest BCUT2D eigenvalue weighted by Crippen LogP contribution is -2.14. The van der Waals surface area contributed by atoms with Gasteiger partial charge < -0.3 is 0 Å². The number of carbonyl (C=O) groups excluding carboxylic acids is 1. The zero-order chi connectivity index (χ0) is 9.84. The molecule has 1 aliphatic rings. The standard InChI is InChI=1S/C12H20O/c1-9(2)12-6-4-5-11(8-12)7-10(3)13/h7,9,12H,4-6,8H2,1-3H3. The number of allylic oxidation sites excluding steroid dienone is 2. The average Bonchev–Trinajstić information content (AvgIpc) is 2.03. The summed E-state index contributed by atoms with van der Waals surface area (Å²) in [5.74, 6) is 1.77. The second kappa shape index (κ2) is 4.59. The van der Waals surface area contributed by atoms with Gasteiger partial charge in [-0.3, -0.25) is 4.79 Å². The molecule has 0 amide bonds. The molecule has 0 heterocycles. The molecular formula is C12H20O. The van der Waals surface area contributed by atoms with E-state index in [9.17, 15) is 4.79 Å². The molecule has 1 atom stereocenters. The highest BCUT2D eigenvalue weighted by molar-refractivity contribution is 5.87. The van der Waals surface area contributed by atoms with Crippen LogP contribution in [0.2, 0.25) is 0 Å². The highest BCUT2D eigenvalue weighted by atomic mass is 16.1. The molecule has 1 unspecified atom stereocenters. The summed E-state index contributed by atoms with van der Waals surface area (Å²) in [7, 11) is 0. The minimum Gasteiger partial charge on any atom is -0.295 e. The fourth-order valence-corrected chi connectivity index (χ4v) is 2.12. The Bertz CT molecular complexity index is 213. The lowest BCUT2D eigenvalue weighted by atomic mass is 9.79. The maximum atomic E-state index is 10.9. The Morgan fingerprint density at radius 2 is 2.23 bits per heavy atom. The van der Waals surface area contributed by atoms with Gasteiger partial charge in [0.2, 0.25) is 0 Å². The molecule has 1 aliphatic carbocycles. The minimum absolute atomic E-state index is 0.208. The molecule has 0 saturated heterocycles. The highest BCUT2D eigenvalue weighted by Crippen LogP contribution is 2.32. The predicted molar refractivity (Wildman–Crippen MR) is 55.6 cm³/mol. The van der Waals surface area contributed by atoms with Crippen LogP contribution < -0.4 is 0 Å². The Balaban J connectivity index is 2.56. The van der Waals surface area contributed by atoms with Crippen molar-refractivity contribution in [3.05, 3.63) is 11.6 Å². The van der Waals surface area contributed by atoms with E-state index in [1.165, 1.54) is 18.4 Å². The monoisotopic (exact) mass is 180 g/mol. The van der Waals surface area contributed by atoms with Gasteiger partial charge in [0.1, 0.15) is 0 Å². The molecule has 0 bridgehead atoms. The first-order valence-corrected chi connectivity index (χ1v) is 5.29. The summed E-state index contributed by atoms with van der Waals surface area (Å²) in [5.41, 5.74) is 1.37. The number of hydrogen-bond acceptors (Lipinski definition) is 1. The zero-order valence-electron chi connectivity index (χ0n) is 8.97. The summed E-state index contributed by atoms with van der Waals surface area (Å²) < 4.78 is 0. The van der Waals surface area contributed by atoms with Crippen LogP contribution in [0.25, 0.3) is 0 Å². The van der Waals surface area contributed by atoms with Crippen molar-refractivity contribution in [2.24, 2.45) is 11.8 Å². The largest absolute Gasteiger partial charge is 0.295 e. The quantitative estimate of drug-likeness (QED) is 0.596. The lowest BCUT2D eigenvalue weighted by Gasteiger charge is -2.27. The third-order valence-corrected chi connectivity index (χ3v) is 2.95. The summed E-state index contributed by atoms with van der Waals surface area (Å²) in [6, 6.07) is 0. The second-order valence-corrected chi connectivity index (χ2v) is 4.51. The average molecular weight is 180 g/mol. The third kappa shape index (κ3) is 3.33. The van der Waals surface area contributed by atoms with Crippen LogP contribution in [0.4, 0.5) is 0 Å². The van der Waals surface area contributed by atoms with Gasteiger partial charge in [-0.1, -0.05) is 19.4 Å². The fourth-order valence-electron chi connectivity index (χ4n) is 2.12. The van der Waals surface area contributed by atoms with E-state index >= 15 is 0 Å². The molecule has 0 aliphatic heterocycles. The molecule has 1 rings (SSSR count). The van der Waals surface area contributed by atoms with Crippen LogP contribution >= 0.6 is 0 Å². The van der Waals surface area contributed by atoms with E-state index in [4.69, 9.17) is 0 Å². The molecule has 0 aromatic carbocycles. The smallest absolute Gasteiger partial charge is 0.152 e. The Labute approximate surface area is 81.2 Å². The van der Waals surface area contributed by atoms with Gasteiger partial charge in [0.25, 0.3) is 0 Å². The Morgan fingerprint density at radius 3 is 2.77 bits per heavy atom. The van der Waals surface area contributed by atoms with E-state index < -0.39 is 0 Å². The maximum absolute atomic E-state index is 10.9. The van der Waals surface area contributed by atoms with Crippen molar-refractivity contribution < 1.29 is 4.79 Å². The van der Waals surface area contributed by atoms with Crippen molar-refractivity contribution in [3.63, 3.8) is 0 Å². The van der Waals surface area contributed by atoms with Crippen LogP contribution in [0, 0.1) is 11.8 Å². The van der Waals surface area contributed by atoms with Crippen molar-refractivity contribution in [2.45, 2.75) is 46.5 Å². The highest BCUT2D eigenvalue weighted by Gasteiger charge is 2.19. The van der Waals surface area contributed by atoms with Crippen LogP contribution in [-0.4, -0.2) is 5.78 Å². The van der Waals surface area contributed by atoms with Gasteiger partial charge >= 0.3 is 0 Å². The topological polar surface area (TPSA) is 17.1 Å². The van der Waals surface area contributed by atoms with Gasteiger partial charge in [0.05, 0.1) is 0 Å². The molecule has 0 aromatic rings. The van der Waals surface area contributed by atoms with Crippen LogP contribution in [0.15, 0.2) is 11.6 Å². The first-order chi connectivity index (χ1) is 6.09. The van der Waals surface area contributed by atoms with Gasteiger partial charge in [-0.2, -0.15) is 0 Å². The van der Waals surface area contributed by atoms with E-state index in [0.29, 0.717) is 0 Å². The second-order valence-electron chi connectivity index (χ2n) is 4.51. The van der Waals surface area contributed by atoms with Gasteiger partial charge in [-0.25, -0.2) is 0 Å². The van der Waals surface area contributed by atoms with Gasteiger partial charge in [-0.05, 0) is 50.5 Å². The fraction of sp³-hybridized carbons (Fsp3) is 0.750.